The molecule has 0 heterocycles. The fourth-order valence-corrected chi connectivity index (χ4v) is 6.63. The lowest BCUT2D eigenvalue weighted by Crippen LogP contribution is -1.93. The zero-order valence-corrected chi connectivity index (χ0v) is 23.2. The zero-order chi connectivity index (χ0) is 26.6. The van der Waals surface area contributed by atoms with Gasteiger partial charge in [0.2, 0.25) is 0 Å². The van der Waals surface area contributed by atoms with E-state index in [1.54, 1.807) is 0 Å². The van der Waals surface area contributed by atoms with Crippen LogP contribution in [-0.4, -0.2) is 0 Å². The smallest absolute Gasteiger partial charge is 0.00268 e. The van der Waals surface area contributed by atoms with Crippen LogP contribution in [0.2, 0.25) is 0 Å². The van der Waals surface area contributed by atoms with E-state index in [1.807, 2.05) is 0 Å². The minimum atomic E-state index is 1.26. The monoisotopic (exact) mass is 490 g/mol. The third-order valence-corrected chi connectivity index (χ3v) is 7.95. The Morgan fingerprint density at radius 2 is 0.763 bits per heavy atom. The van der Waals surface area contributed by atoms with Crippen LogP contribution in [0.4, 0.5) is 0 Å². The minimum Gasteiger partial charge on any atom is -0.0622 e. The zero-order valence-electron chi connectivity index (χ0n) is 23.2. The lowest BCUT2D eigenvalue weighted by molar-refractivity contribution is 1.32. The van der Waals surface area contributed by atoms with Gasteiger partial charge in [-0.2, -0.15) is 0 Å². The summed E-state index contributed by atoms with van der Waals surface area (Å²) in [6, 6.07) is 36.4. The van der Waals surface area contributed by atoms with Gasteiger partial charge in [0.05, 0.1) is 0 Å². The second-order valence-electron chi connectivity index (χ2n) is 11.0. The van der Waals surface area contributed by atoms with Gasteiger partial charge < -0.3 is 0 Å². The van der Waals surface area contributed by atoms with Crippen LogP contribution in [0.1, 0.15) is 33.4 Å². The van der Waals surface area contributed by atoms with E-state index in [0.717, 1.165) is 0 Å². The predicted molar refractivity (Wildman–Crippen MR) is 166 cm³/mol. The van der Waals surface area contributed by atoms with E-state index in [1.165, 1.54) is 88.3 Å². The fraction of sp³-hybridized carbons (Fsp3) is 0.158. The summed E-state index contributed by atoms with van der Waals surface area (Å²) in [5, 5.41) is 5.15. The van der Waals surface area contributed by atoms with Gasteiger partial charge in [-0.25, -0.2) is 0 Å². The van der Waals surface area contributed by atoms with Crippen molar-refractivity contribution in [3.63, 3.8) is 0 Å². The largest absolute Gasteiger partial charge is 0.0622 e. The van der Waals surface area contributed by atoms with Crippen molar-refractivity contribution in [2.24, 2.45) is 0 Å². The van der Waals surface area contributed by atoms with E-state index in [-0.39, 0.29) is 0 Å². The molecule has 186 valence electrons. The van der Waals surface area contributed by atoms with E-state index in [9.17, 15) is 0 Å². The van der Waals surface area contributed by atoms with Gasteiger partial charge in [0.25, 0.3) is 0 Å². The van der Waals surface area contributed by atoms with Gasteiger partial charge in [-0.1, -0.05) is 90.0 Å². The second-order valence-corrected chi connectivity index (χ2v) is 11.0. The van der Waals surface area contributed by atoms with Crippen LogP contribution in [0.25, 0.3) is 54.9 Å². The molecule has 38 heavy (non-hydrogen) atoms. The Morgan fingerprint density at radius 3 is 1.18 bits per heavy atom. The molecule has 6 aromatic rings. The standard InChI is InChI=1S/C38H34/c1-23-16-25(3)36(26(4)17-23)30-12-14-34-32(20-30)22-33-21-31(37-27(5)18-24(2)19-28(37)6)13-15-35(33)38(34)29-10-8-7-9-11-29/h7-22H,1-6H3. The van der Waals surface area contributed by atoms with Crippen molar-refractivity contribution >= 4 is 21.5 Å². The second kappa shape index (κ2) is 9.30. The summed E-state index contributed by atoms with van der Waals surface area (Å²) in [7, 11) is 0. The Bertz CT molecular complexity index is 1690. The van der Waals surface area contributed by atoms with Gasteiger partial charge in [-0.3, -0.25) is 0 Å². The van der Waals surface area contributed by atoms with Gasteiger partial charge in [-0.05, 0) is 137 Å². The molecule has 0 saturated carbocycles. The van der Waals surface area contributed by atoms with E-state index >= 15 is 0 Å². The Hall–Kier alpha value is -4.16. The molecule has 0 bridgehead atoms. The number of benzene rings is 6. The van der Waals surface area contributed by atoms with Crippen molar-refractivity contribution in [1.29, 1.82) is 0 Å². The summed E-state index contributed by atoms with van der Waals surface area (Å²) in [4.78, 5) is 0. The van der Waals surface area contributed by atoms with Crippen LogP contribution in [0, 0.1) is 41.5 Å². The first kappa shape index (κ1) is 24.2. The Balaban J connectivity index is 1.65. The van der Waals surface area contributed by atoms with E-state index < -0.39 is 0 Å². The molecule has 0 heteroatoms. The molecule has 0 unspecified atom stereocenters. The number of aryl methyl sites for hydroxylation is 6. The summed E-state index contributed by atoms with van der Waals surface area (Å²) in [6.07, 6.45) is 0. The number of rotatable bonds is 3. The highest BCUT2D eigenvalue weighted by Gasteiger charge is 2.15. The third-order valence-electron chi connectivity index (χ3n) is 7.95. The molecule has 0 aliphatic heterocycles. The van der Waals surface area contributed by atoms with Crippen LogP contribution < -0.4 is 0 Å². The highest BCUT2D eigenvalue weighted by molar-refractivity contribution is 6.14. The highest BCUT2D eigenvalue weighted by atomic mass is 14.2. The number of fused-ring (bicyclic) bond motifs is 2. The molecule has 0 aliphatic rings. The normalized spacial score (nSPS) is 11.4. The molecule has 0 radical (unpaired) electrons. The third kappa shape index (κ3) is 4.11. The molecule has 0 aliphatic carbocycles. The van der Waals surface area contributed by atoms with Crippen molar-refractivity contribution in [1.82, 2.24) is 0 Å². The van der Waals surface area contributed by atoms with Crippen LogP contribution >= 0.6 is 0 Å². The maximum Gasteiger partial charge on any atom is -0.00268 e. The first-order valence-corrected chi connectivity index (χ1v) is 13.5. The van der Waals surface area contributed by atoms with Gasteiger partial charge in [0.1, 0.15) is 0 Å². The molecule has 6 aromatic carbocycles. The minimum absolute atomic E-state index is 1.26. The van der Waals surface area contributed by atoms with Gasteiger partial charge >= 0.3 is 0 Å². The van der Waals surface area contributed by atoms with Gasteiger partial charge in [-0.15, -0.1) is 0 Å². The van der Waals surface area contributed by atoms with Crippen LogP contribution in [0.15, 0.2) is 97.1 Å². The lowest BCUT2D eigenvalue weighted by Gasteiger charge is -2.17. The molecular weight excluding hydrogens is 456 g/mol. The molecule has 0 saturated heterocycles. The summed E-state index contributed by atoms with van der Waals surface area (Å²) in [5.74, 6) is 0. The predicted octanol–water partition coefficient (Wildman–Crippen LogP) is 10.8. The molecular formula is C38H34. The van der Waals surface area contributed by atoms with Crippen LogP contribution in [-0.2, 0) is 0 Å². The van der Waals surface area contributed by atoms with Crippen molar-refractivity contribution < 1.29 is 0 Å². The SMILES string of the molecule is Cc1cc(C)c(-c2ccc3c(-c4ccccc4)c4ccc(-c5c(C)cc(C)cc5C)cc4cc3c2)c(C)c1. The Kier molecular flexibility index (Phi) is 5.92. The van der Waals surface area contributed by atoms with Crippen LogP contribution in [0.5, 0.6) is 0 Å². The maximum atomic E-state index is 2.39. The summed E-state index contributed by atoms with van der Waals surface area (Å²) in [6.45, 7) is 13.3. The number of hydrogen-bond donors (Lipinski definition) is 0. The molecule has 0 atom stereocenters. The van der Waals surface area contributed by atoms with E-state index in [0.29, 0.717) is 0 Å². The molecule has 0 aromatic heterocycles. The fourth-order valence-electron chi connectivity index (χ4n) is 6.63. The highest BCUT2D eigenvalue weighted by Crippen LogP contribution is 2.41. The molecule has 0 amide bonds. The topological polar surface area (TPSA) is 0 Å². The quantitative estimate of drug-likeness (QED) is 0.216. The first-order valence-electron chi connectivity index (χ1n) is 13.5. The average Bonchev–Trinajstić information content (AvgIpc) is 2.86. The van der Waals surface area contributed by atoms with Crippen LogP contribution in [0.3, 0.4) is 0 Å². The van der Waals surface area contributed by atoms with Crippen molar-refractivity contribution in [2.45, 2.75) is 41.5 Å². The van der Waals surface area contributed by atoms with Gasteiger partial charge in [0.15, 0.2) is 0 Å². The molecule has 0 nitrogen and oxygen atoms in total. The summed E-state index contributed by atoms with van der Waals surface area (Å²) in [5.41, 5.74) is 15.8. The molecule has 6 rings (SSSR count). The molecule has 0 N–H and O–H groups in total. The Labute approximate surface area is 226 Å². The maximum absolute atomic E-state index is 2.39. The first-order chi connectivity index (χ1) is 18.3. The van der Waals surface area contributed by atoms with E-state index in [4.69, 9.17) is 0 Å². The molecule has 0 fully saturated rings. The number of hydrogen-bond acceptors (Lipinski definition) is 0. The van der Waals surface area contributed by atoms with Crippen molar-refractivity contribution in [3.8, 4) is 33.4 Å². The van der Waals surface area contributed by atoms with Gasteiger partial charge in [0, 0.05) is 0 Å². The summed E-state index contributed by atoms with van der Waals surface area (Å²) >= 11 is 0. The Morgan fingerprint density at radius 1 is 0.342 bits per heavy atom. The van der Waals surface area contributed by atoms with E-state index in [2.05, 4.69) is 139 Å². The summed E-state index contributed by atoms with van der Waals surface area (Å²) < 4.78 is 0. The molecule has 0 spiro atoms. The average molecular weight is 491 g/mol. The van der Waals surface area contributed by atoms with Crippen molar-refractivity contribution in [2.75, 3.05) is 0 Å². The lowest BCUT2D eigenvalue weighted by atomic mass is 9.87. The van der Waals surface area contributed by atoms with Crippen molar-refractivity contribution in [3.05, 3.63) is 130 Å².